The van der Waals surface area contributed by atoms with Gasteiger partial charge in [-0.25, -0.2) is 9.97 Å². The predicted octanol–water partition coefficient (Wildman–Crippen LogP) is 4.05. The van der Waals surface area contributed by atoms with Gasteiger partial charge in [-0.15, -0.1) is 0 Å². The van der Waals surface area contributed by atoms with Crippen LogP contribution in [-0.2, 0) is 4.79 Å². The number of anilines is 4. The molecule has 3 N–H and O–H groups in total. The maximum absolute atomic E-state index is 12.6. The first-order valence-electron chi connectivity index (χ1n) is 8.76. The fourth-order valence-electron chi connectivity index (χ4n) is 2.61. The molecule has 2 aromatic carbocycles. The van der Waals surface area contributed by atoms with Crippen LogP contribution in [0.2, 0.25) is 0 Å². The molecular formula is C21H21N5O2. The molecule has 7 heteroatoms. The maximum atomic E-state index is 12.6. The van der Waals surface area contributed by atoms with Gasteiger partial charge in [-0.2, -0.15) is 0 Å². The van der Waals surface area contributed by atoms with Gasteiger partial charge in [0.15, 0.2) is 0 Å². The van der Waals surface area contributed by atoms with Crippen molar-refractivity contribution in [1.29, 1.82) is 0 Å². The van der Waals surface area contributed by atoms with Crippen LogP contribution in [-0.4, -0.2) is 21.8 Å². The van der Waals surface area contributed by atoms with E-state index in [0.29, 0.717) is 11.5 Å². The number of carbonyl (C=O) groups excluding carboxylic acids is 2. The number of nitrogens with one attached hydrogen (secondary N) is 3. The van der Waals surface area contributed by atoms with Crippen molar-refractivity contribution in [2.75, 3.05) is 16.0 Å². The van der Waals surface area contributed by atoms with Crippen molar-refractivity contribution in [3.63, 3.8) is 0 Å². The molecule has 2 amide bonds. The van der Waals surface area contributed by atoms with E-state index in [1.54, 1.807) is 18.2 Å². The van der Waals surface area contributed by atoms with Crippen LogP contribution in [0.25, 0.3) is 0 Å². The average molecular weight is 375 g/mol. The second-order valence-corrected chi connectivity index (χ2v) is 6.37. The number of hydrogen-bond donors (Lipinski definition) is 3. The Morgan fingerprint density at radius 3 is 2.32 bits per heavy atom. The van der Waals surface area contributed by atoms with Gasteiger partial charge in [0.2, 0.25) is 5.91 Å². The summed E-state index contributed by atoms with van der Waals surface area (Å²) in [5.74, 6) is 0.0598. The van der Waals surface area contributed by atoms with Gasteiger partial charge in [-0.05, 0) is 55.3 Å². The minimum atomic E-state index is -0.305. The summed E-state index contributed by atoms with van der Waals surface area (Å²) < 4.78 is 0. The van der Waals surface area contributed by atoms with Crippen LogP contribution < -0.4 is 16.0 Å². The van der Waals surface area contributed by atoms with Gasteiger partial charge in [0, 0.05) is 30.1 Å². The summed E-state index contributed by atoms with van der Waals surface area (Å²) in [6.07, 6.45) is 1.34. The lowest BCUT2D eigenvalue weighted by molar-refractivity contribution is -0.114. The molecule has 142 valence electrons. The minimum Gasteiger partial charge on any atom is -0.340 e. The lowest BCUT2D eigenvalue weighted by Crippen LogP contribution is -2.15. The van der Waals surface area contributed by atoms with Crippen molar-refractivity contribution in [2.24, 2.45) is 0 Å². The molecule has 1 aromatic heterocycles. The number of aryl methyl sites for hydroxylation is 1. The van der Waals surface area contributed by atoms with E-state index >= 15 is 0 Å². The smallest absolute Gasteiger partial charge is 0.274 e. The Kier molecular flexibility index (Phi) is 5.64. The summed E-state index contributed by atoms with van der Waals surface area (Å²) in [6.45, 7) is 5.41. The molecule has 0 radical (unpaired) electrons. The number of amides is 2. The van der Waals surface area contributed by atoms with E-state index in [9.17, 15) is 9.59 Å². The summed E-state index contributed by atoms with van der Waals surface area (Å²) in [6, 6.07) is 14.5. The second-order valence-electron chi connectivity index (χ2n) is 6.37. The van der Waals surface area contributed by atoms with E-state index in [4.69, 9.17) is 0 Å². The van der Waals surface area contributed by atoms with Crippen LogP contribution in [0.4, 0.5) is 22.9 Å². The number of benzene rings is 2. The van der Waals surface area contributed by atoms with Crippen LogP contribution in [0, 0.1) is 13.8 Å². The molecule has 0 spiro atoms. The molecule has 0 fully saturated rings. The first-order valence-corrected chi connectivity index (χ1v) is 8.76. The zero-order valence-corrected chi connectivity index (χ0v) is 15.9. The summed E-state index contributed by atoms with van der Waals surface area (Å²) in [5.41, 5.74) is 4.61. The minimum absolute atomic E-state index is 0.129. The van der Waals surface area contributed by atoms with Gasteiger partial charge in [0.1, 0.15) is 17.8 Å². The molecule has 0 saturated carbocycles. The fourth-order valence-corrected chi connectivity index (χ4v) is 2.61. The number of nitrogens with zero attached hydrogens (tertiary/aromatic N) is 2. The van der Waals surface area contributed by atoms with Crippen molar-refractivity contribution in [3.8, 4) is 0 Å². The summed E-state index contributed by atoms with van der Waals surface area (Å²) in [5, 5.41) is 8.71. The van der Waals surface area contributed by atoms with E-state index in [-0.39, 0.29) is 17.5 Å². The van der Waals surface area contributed by atoms with Gasteiger partial charge < -0.3 is 16.0 Å². The third-order valence-electron chi connectivity index (χ3n) is 4.23. The zero-order chi connectivity index (χ0) is 20.1. The van der Waals surface area contributed by atoms with E-state index < -0.39 is 0 Å². The number of rotatable bonds is 5. The highest BCUT2D eigenvalue weighted by Crippen LogP contribution is 2.20. The van der Waals surface area contributed by atoms with Crippen LogP contribution in [0.15, 0.2) is 54.9 Å². The molecule has 3 aromatic rings. The van der Waals surface area contributed by atoms with E-state index in [1.807, 2.05) is 44.2 Å². The second kappa shape index (κ2) is 8.30. The van der Waals surface area contributed by atoms with Crippen molar-refractivity contribution in [1.82, 2.24) is 9.97 Å². The normalized spacial score (nSPS) is 10.2. The Balaban J connectivity index is 1.72. The molecule has 3 rings (SSSR count). The first-order chi connectivity index (χ1) is 13.4. The van der Waals surface area contributed by atoms with E-state index in [2.05, 4.69) is 25.9 Å². The predicted molar refractivity (Wildman–Crippen MR) is 110 cm³/mol. The van der Waals surface area contributed by atoms with Crippen molar-refractivity contribution in [2.45, 2.75) is 20.8 Å². The Morgan fingerprint density at radius 1 is 0.893 bits per heavy atom. The van der Waals surface area contributed by atoms with Crippen LogP contribution in [0.1, 0.15) is 28.5 Å². The lowest BCUT2D eigenvalue weighted by Gasteiger charge is -2.11. The molecule has 0 bridgehead atoms. The molecule has 0 saturated heterocycles. The molecule has 1 heterocycles. The third-order valence-corrected chi connectivity index (χ3v) is 4.23. The van der Waals surface area contributed by atoms with E-state index in [1.165, 1.54) is 13.3 Å². The summed E-state index contributed by atoms with van der Waals surface area (Å²) >= 11 is 0. The van der Waals surface area contributed by atoms with Gasteiger partial charge in [-0.1, -0.05) is 12.1 Å². The summed E-state index contributed by atoms with van der Waals surface area (Å²) in [4.78, 5) is 31.9. The molecule has 0 atom stereocenters. The van der Waals surface area contributed by atoms with Crippen LogP contribution >= 0.6 is 0 Å². The van der Waals surface area contributed by atoms with Crippen LogP contribution in [0.5, 0.6) is 0 Å². The highest BCUT2D eigenvalue weighted by molar-refractivity contribution is 6.03. The Hall–Kier alpha value is -3.74. The lowest BCUT2D eigenvalue weighted by atomic mass is 10.1. The standard InChI is InChI=1S/C21H21N5O2/c1-13-5-4-6-18(14(13)2)26-21(28)19-11-20(23-12-22-19)25-17-9-7-16(8-10-17)24-15(3)27/h4-12H,1-3H3,(H,24,27)(H,26,28)(H,22,23,25). The molecule has 0 unspecified atom stereocenters. The Labute approximate surface area is 163 Å². The number of hydrogen-bond acceptors (Lipinski definition) is 5. The molecular weight excluding hydrogens is 354 g/mol. The van der Waals surface area contributed by atoms with Gasteiger partial charge in [0.05, 0.1) is 0 Å². The topological polar surface area (TPSA) is 96.0 Å². The van der Waals surface area contributed by atoms with Crippen molar-refractivity contribution >= 4 is 34.7 Å². The molecule has 0 aliphatic heterocycles. The largest absolute Gasteiger partial charge is 0.340 e. The van der Waals surface area contributed by atoms with Crippen molar-refractivity contribution < 1.29 is 9.59 Å². The number of aromatic nitrogens is 2. The SMILES string of the molecule is CC(=O)Nc1ccc(Nc2cc(C(=O)Nc3cccc(C)c3C)ncn2)cc1. The zero-order valence-electron chi connectivity index (χ0n) is 15.9. The summed E-state index contributed by atoms with van der Waals surface area (Å²) in [7, 11) is 0. The van der Waals surface area contributed by atoms with Crippen LogP contribution in [0.3, 0.4) is 0 Å². The maximum Gasteiger partial charge on any atom is 0.274 e. The van der Waals surface area contributed by atoms with Gasteiger partial charge in [-0.3, -0.25) is 9.59 Å². The quantitative estimate of drug-likeness (QED) is 0.625. The highest BCUT2D eigenvalue weighted by atomic mass is 16.2. The van der Waals surface area contributed by atoms with Gasteiger partial charge in [0.25, 0.3) is 5.91 Å². The van der Waals surface area contributed by atoms with E-state index in [0.717, 1.165) is 22.5 Å². The van der Waals surface area contributed by atoms with Gasteiger partial charge >= 0.3 is 0 Å². The first kappa shape index (κ1) is 19.0. The molecule has 0 aliphatic carbocycles. The highest BCUT2D eigenvalue weighted by Gasteiger charge is 2.11. The molecule has 28 heavy (non-hydrogen) atoms. The fraction of sp³-hybridized carbons (Fsp3) is 0.143. The third kappa shape index (κ3) is 4.70. The average Bonchev–Trinajstić information content (AvgIpc) is 2.67. The molecule has 7 nitrogen and oxygen atoms in total. The Morgan fingerprint density at radius 2 is 1.61 bits per heavy atom. The number of carbonyl (C=O) groups is 2. The monoisotopic (exact) mass is 375 g/mol. The van der Waals surface area contributed by atoms with Crippen molar-refractivity contribution in [3.05, 3.63) is 71.7 Å². The molecule has 0 aliphatic rings. The Bertz CT molecular complexity index is 1020.